The van der Waals surface area contributed by atoms with Gasteiger partial charge in [-0.1, -0.05) is 6.42 Å². The van der Waals surface area contributed by atoms with Crippen molar-refractivity contribution < 1.29 is 24.5 Å². The second kappa shape index (κ2) is 7.82. The maximum absolute atomic E-state index is 12.1. The molecule has 0 spiro atoms. The van der Waals surface area contributed by atoms with E-state index in [1.54, 1.807) is 0 Å². The molecule has 0 saturated heterocycles. The summed E-state index contributed by atoms with van der Waals surface area (Å²) in [7, 11) is 0. The van der Waals surface area contributed by atoms with Crippen LogP contribution in [0.4, 0.5) is 0 Å². The molecule has 0 unspecified atom stereocenters. The van der Waals surface area contributed by atoms with Gasteiger partial charge in [0.1, 0.15) is 22.8 Å². The standard InChI is InChI=1S/C17H22O5/c18-13-7-3-1-2-6-12-10-14(19)11-15(20)16(12)17(21)22-9-5-4-8-13/h10-11,19-20H,1-9H2. The van der Waals surface area contributed by atoms with Gasteiger partial charge in [-0.15, -0.1) is 0 Å². The Morgan fingerprint density at radius 2 is 1.55 bits per heavy atom. The summed E-state index contributed by atoms with van der Waals surface area (Å²) in [5.41, 5.74) is 0.733. The maximum Gasteiger partial charge on any atom is 0.342 e. The quantitative estimate of drug-likeness (QED) is 0.719. The van der Waals surface area contributed by atoms with Gasteiger partial charge in [-0.05, 0) is 43.7 Å². The fraction of sp³-hybridized carbons (Fsp3) is 0.529. The van der Waals surface area contributed by atoms with Gasteiger partial charge in [0.15, 0.2) is 0 Å². The number of aryl methyl sites for hydroxylation is 1. The number of benzene rings is 1. The molecule has 0 radical (unpaired) electrons. The van der Waals surface area contributed by atoms with Crippen LogP contribution in [0.25, 0.3) is 0 Å². The Hall–Kier alpha value is -2.04. The van der Waals surface area contributed by atoms with Crippen molar-refractivity contribution in [2.24, 2.45) is 0 Å². The molecule has 1 aliphatic heterocycles. The summed E-state index contributed by atoms with van der Waals surface area (Å²) in [6.07, 6.45) is 5.52. The van der Waals surface area contributed by atoms with Gasteiger partial charge in [-0.25, -0.2) is 4.79 Å². The molecule has 1 aromatic carbocycles. The molecule has 0 fully saturated rings. The van der Waals surface area contributed by atoms with Crippen molar-refractivity contribution in [1.82, 2.24) is 0 Å². The molecular formula is C17H22O5. The molecule has 5 heteroatoms. The van der Waals surface area contributed by atoms with Gasteiger partial charge >= 0.3 is 5.97 Å². The van der Waals surface area contributed by atoms with Crippen molar-refractivity contribution in [3.63, 3.8) is 0 Å². The topological polar surface area (TPSA) is 83.8 Å². The fourth-order valence-electron chi connectivity index (χ4n) is 2.70. The van der Waals surface area contributed by atoms with E-state index < -0.39 is 5.97 Å². The molecule has 0 aromatic heterocycles. The number of phenolic OH excluding ortho intramolecular Hbond substituents is 2. The summed E-state index contributed by atoms with van der Waals surface area (Å²) in [6.45, 7) is 0.228. The first-order valence-electron chi connectivity index (χ1n) is 7.81. The third kappa shape index (κ3) is 4.48. The Morgan fingerprint density at radius 3 is 2.32 bits per heavy atom. The molecule has 5 nitrogen and oxygen atoms in total. The van der Waals surface area contributed by atoms with E-state index >= 15 is 0 Å². The van der Waals surface area contributed by atoms with Gasteiger partial charge in [-0.2, -0.15) is 0 Å². The van der Waals surface area contributed by atoms with Crippen molar-refractivity contribution >= 4 is 11.8 Å². The molecule has 120 valence electrons. The number of carbonyl (C=O) groups is 2. The molecule has 2 N–H and O–H groups in total. The van der Waals surface area contributed by atoms with Crippen LogP contribution in [-0.2, 0) is 16.0 Å². The van der Waals surface area contributed by atoms with Crippen LogP contribution >= 0.6 is 0 Å². The van der Waals surface area contributed by atoms with Gasteiger partial charge in [0.25, 0.3) is 0 Å². The van der Waals surface area contributed by atoms with Crippen LogP contribution in [0, 0.1) is 0 Å². The summed E-state index contributed by atoms with van der Waals surface area (Å²) in [6, 6.07) is 2.65. The number of ketones is 1. The summed E-state index contributed by atoms with van der Waals surface area (Å²) in [5, 5.41) is 19.5. The van der Waals surface area contributed by atoms with Gasteiger partial charge in [-0.3, -0.25) is 4.79 Å². The number of hydrogen-bond donors (Lipinski definition) is 2. The zero-order valence-electron chi connectivity index (χ0n) is 12.6. The molecule has 0 aliphatic carbocycles. The highest BCUT2D eigenvalue weighted by atomic mass is 16.5. The third-order valence-corrected chi connectivity index (χ3v) is 3.87. The number of rotatable bonds is 0. The van der Waals surface area contributed by atoms with E-state index in [4.69, 9.17) is 4.74 Å². The Morgan fingerprint density at radius 1 is 0.864 bits per heavy atom. The summed E-state index contributed by atoms with van der Waals surface area (Å²) in [4.78, 5) is 23.8. The molecular weight excluding hydrogens is 284 g/mol. The van der Waals surface area contributed by atoms with E-state index in [2.05, 4.69) is 0 Å². The average molecular weight is 306 g/mol. The van der Waals surface area contributed by atoms with E-state index in [1.807, 2.05) is 0 Å². The number of fused-ring (bicyclic) bond motifs is 1. The smallest absolute Gasteiger partial charge is 0.342 e. The lowest BCUT2D eigenvalue weighted by Crippen LogP contribution is -2.11. The van der Waals surface area contributed by atoms with E-state index in [0.29, 0.717) is 37.7 Å². The molecule has 0 saturated carbocycles. The highest BCUT2D eigenvalue weighted by Gasteiger charge is 2.19. The lowest BCUT2D eigenvalue weighted by molar-refractivity contribution is -0.119. The minimum Gasteiger partial charge on any atom is -0.508 e. The number of cyclic esters (lactones) is 1. The number of hydrogen-bond acceptors (Lipinski definition) is 5. The van der Waals surface area contributed by atoms with Crippen LogP contribution in [0.3, 0.4) is 0 Å². The van der Waals surface area contributed by atoms with Gasteiger partial charge < -0.3 is 14.9 Å². The minimum atomic E-state index is -0.573. The van der Waals surface area contributed by atoms with Crippen LogP contribution in [0.15, 0.2) is 12.1 Å². The zero-order chi connectivity index (χ0) is 15.9. The predicted molar refractivity (Wildman–Crippen MR) is 81.1 cm³/mol. The first-order chi connectivity index (χ1) is 10.6. The molecule has 1 aliphatic rings. The third-order valence-electron chi connectivity index (χ3n) is 3.87. The second-order valence-corrected chi connectivity index (χ2v) is 5.69. The van der Waals surface area contributed by atoms with Crippen LogP contribution in [0.2, 0.25) is 0 Å². The Bertz CT molecular complexity index is 550. The van der Waals surface area contributed by atoms with Crippen molar-refractivity contribution in [1.29, 1.82) is 0 Å². The number of Topliss-reactive ketones (excluding diaryl/α,β-unsaturated/α-hetero) is 1. The van der Waals surface area contributed by atoms with E-state index in [1.165, 1.54) is 6.07 Å². The lowest BCUT2D eigenvalue weighted by Gasteiger charge is -2.13. The van der Waals surface area contributed by atoms with Gasteiger partial charge in [0.05, 0.1) is 6.61 Å². The lowest BCUT2D eigenvalue weighted by atomic mass is 9.98. The summed E-state index contributed by atoms with van der Waals surface area (Å²) >= 11 is 0. The van der Waals surface area contributed by atoms with Crippen molar-refractivity contribution in [3.05, 3.63) is 23.3 Å². The summed E-state index contributed by atoms with van der Waals surface area (Å²) < 4.78 is 5.18. The fourth-order valence-corrected chi connectivity index (χ4v) is 2.70. The van der Waals surface area contributed by atoms with Gasteiger partial charge in [0, 0.05) is 18.9 Å². The Kier molecular flexibility index (Phi) is 5.81. The largest absolute Gasteiger partial charge is 0.508 e. The molecule has 0 atom stereocenters. The molecule has 0 bridgehead atoms. The van der Waals surface area contributed by atoms with Crippen LogP contribution in [0.5, 0.6) is 11.5 Å². The van der Waals surface area contributed by atoms with Crippen molar-refractivity contribution in [3.8, 4) is 11.5 Å². The number of carbonyl (C=O) groups excluding carboxylic acids is 2. The molecule has 2 rings (SSSR count). The van der Waals surface area contributed by atoms with Crippen LogP contribution in [0.1, 0.15) is 60.9 Å². The highest BCUT2D eigenvalue weighted by molar-refractivity contribution is 5.94. The number of ether oxygens (including phenoxy) is 1. The normalized spacial score (nSPS) is 18.2. The summed E-state index contributed by atoms with van der Waals surface area (Å²) in [5.74, 6) is -0.627. The van der Waals surface area contributed by atoms with Gasteiger partial charge in [0.2, 0.25) is 0 Å². The van der Waals surface area contributed by atoms with E-state index in [9.17, 15) is 19.8 Å². The second-order valence-electron chi connectivity index (χ2n) is 5.69. The van der Waals surface area contributed by atoms with Crippen molar-refractivity contribution in [2.45, 2.75) is 51.4 Å². The van der Waals surface area contributed by atoms with Crippen molar-refractivity contribution in [2.75, 3.05) is 6.61 Å². The Balaban J connectivity index is 2.17. The Labute approximate surface area is 129 Å². The molecule has 1 aromatic rings. The monoisotopic (exact) mass is 306 g/mol. The zero-order valence-corrected chi connectivity index (χ0v) is 12.6. The van der Waals surface area contributed by atoms with Crippen LogP contribution < -0.4 is 0 Å². The molecule has 1 heterocycles. The average Bonchev–Trinajstić information content (AvgIpc) is 2.45. The number of phenols is 2. The molecule has 22 heavy (non-hydrogen) atoms. The number of esters is 1. The van der Waals surface area contributed by atoms with E-state index in [-0.39, 0.29) is 29.5 Å². The number of aromatic hydroxyl groups is 2. The highest BCUT2D eigenvalue weighted by Crippen LogP contribution is 2.29. The minimum absolute atomic E-state index is 0.0691. The molecule has 0 amide bonds. The van der Waals surface area contributed by atoms with E-state index in [0.717, 1.165) is 25.3 Å². The first-order valence-corrected chi connectivity index (χ1v) is 7.81. The first kappa shape index (κ1) is 16.3. The van der Waals surface area contributed by atoms with Crippen LogP contribution in [-0.4, -0.2) is 28.6 Å². The predicted octanol–water partition coefficient (Wildman–Crippen LogP) is 3.11. The SMILES string of the molecule is O=C1CCCCCc2cc(O)cc(O)c2C(=O)OCCCC1. The maximum atomic E-state index is 12.1.